The SMILES string of the molecule is OC1CC2(C1)CN(Cc1cc3ccccc3[nH]1)C2. The van der Waals surface area contributed by atoms with Crippen LogP contribution in [0.3, 0.4) is 0 Å². The van der Waals surface area contributed by atoms with Crippen LogP contribution in [-0.2, 0) is 6.54 Å². The Balaban J connectivity index is 1.44. The van der Waals surface area contributed by atoms with Crippen LogP contribution in [0, 0.1) is 5.41 Å². The van der Waals surface area contributed by atoms with Crippen LogP contribution in [0.25, 0.3) is 10.9 Å². The second-order valence-corrected chi connectivity index (χ2v) is 6.09. The molecule has 2 fully saturated rings. The summed E-state index contributed by atoms with van der Waals surface area (Å²) in [6.07, 6.45) is 1.99. The Morgan fingerprint density at radius 2 is 2.06 bits per heavy atom. The third-order valence-corrected chi connectivity index (χ3v) is 4.44. The molecule has 2 aliphatic rings. The first-order chi connectivity index (χ1) is 8.72. The summed E-state index contributed by atoms with van der Waals surface area (Å²) in [5.41, 5.74) is 2.98. The number of benzene rings is 1. The summed E-state index contributed by atoms with van der Waals surface area (Å²) < 4.78 is 0. The molecule has 1 aliphatic heterocycles. The number of aromatic amines is 1. The second kappa shape index (κ2) is 3.59. The largest absolute Gasteiger partial charge is 0.393 e. The molecule has 3 heteroatoms. The number of fused-ring (bicyclic) bond motifs is 1. The molecule has 0 radical (unpaired) electrons. The molecule has 0 atom stereocenters. The van der Waals surface area contributed by atoms with E-state index in [-0.39, 0.29) is 6.10 Å². The highest BCUT2D eigenvalue weighted by atomic mass is 16.3. The van der Waals surface area contributed by atoms with Gasteiger partial charge in [0.2, 0.25) is 0 Å². The Hall–Kier alpha value is -1.32. The monoisotopic (exact) mass is 242 g/mol. The van der Waals surface area contributed by atoms with E-state index in [0.717, 1.165) is 32.5 Å². The number of rotatable bonds is 2. The maximum atomic E-state index is 9.40. The molecule has 2 N–H and O–H groups in total. The lowest BCUT2D eigenvalue weighted by molar-refractivity contribution is -0.131. The predicted molar refractivity (Wildman–Crippen MR) is 71.2 cm³/mol. The number of hydrogen-bond donors (Lipinski definition) is 2. The highest BCUT2D eigenvalue weighted by Crippen LogP contribution is 2.48. The number of likely N-dealkylation sites (tertiary alicyclic amines) is 1. The van der Waals surface area contributed by atoms with Gasteiger partial charge in [-0.05, 0) is 30.4 Å². The first kappa shape index (κ1) is 10.6. The smallest absolute Gasteiger partial charge is 0.0552 e. The molecule has 1 saturated heterocycles. The van der Waals surface area contributed by atoms with Gasteiger partial charge >= 0.3 is 0 Å². The first-order valence-electron chi connectivity index (χ1n) is 6.70. The Bertz CT molecular complexity index is 542. The molecular weight excluding hydrogens is 224 g/mol. The zero-order valence-electron chi connectivity index (χ0n) is 10.4. The van der Waals surface area contributed by atoms with Gasteiger partial charge in [-0.1, -0.05) is 18.2 Å². The molecule has 1 aromatic carbocycles. The van der Waals surface area contributed by atoms with E-state index in [2.05, 4.69) is 40.2 Å². The van der Waals surface area contributed by atoms with Crippen LogP contribution in [0.5, 0.6) is 0 Å². The number of nitrogens with zero attached hydrogens (tertiary/aromatic N) is 1. The normalized spacial score (nSPS) is 23.2. The van der Waals surface area contributed by atoms with E-state index in [1.165, 1.54) is 16.6 Å². The van der Waals surface area contributed by atoms with Crippen molar-refractivity contribution in [3.63, 3.8) is 0 Å². The number of H-pyrrole nitrogens is 1. The van der Waals surface area contributed by atoms with Crippen molar-refractivity contribution in [2.45, 2.75) is 25.5 Å². The van der Waals surface area contributed by atoms with Gasteiger partial charge in [-0.15, -0.1) is 0 Å². The fraction of sp³-hybridized carbons (Fsp3) is 0.467. The van der Waals surface area contributed by atoms with Crippen molar-refractivity contribution in [3.8, 4) is 0 Å². The topological polar surface area (TPSA) is 39.3 Å². The van der Waals surface area contributed by atoms with E-state index in [9.17, 15) is 5.11 Å². The molecule has 1 saturated carbocycles. The number of para-hydroxylation sites is 1. The number of aromatic nitrogens is 1. The molecule has 18 heavy (non-hydrogen) atoms. The zero-order valence-corrected chi connectivity index (χ0v) is 10.4. The summed E-state index contributed by atoms with van der Waals surface area (Å²) in [6.45, 7) is 3.31. The molecule has 3 nitrogen and oxygen atoms in total. The van der Waals surface area contributed by atoms with Crippen LogP contribution in [0.2, 0.25) is 0 Å². The van der Waals surface area contributed by atoms with Crippen molar-refractivity contribution in [3.05, 3.63) is 36.0 Å². The van der Waals surface area contributed by atoms with Crippen molar-refractivity contribution in [1.82, 2.24) is 9.88 Å². The third-order valence-electron chi connectivity index (χ3n) is 4.44. The summed E-state index contributed by atoms with van der Waals surface area (Å²) in [5.74, 6) is 0. The quantitative estimate of drug-likeness (QED) is 0.846. The van der Waals surface area contributed by atoms with E-state index < -0.39 is 0 Å². The van der Waals surface area contributed by atoms with E-state index in [0.29, 0.717) is 5.41 Å². The van der Waals surface area contributed by atoms with Crippen LogP contribution in [-0.4, -0.2) is 34.2 Å². The van der Waals surface area contributed by atoms with Crippen LogP contribution in [0.15, 0.2) is 30.3 Å². The van der Waals surface area contributed by atoms with E-state index in [1.807, 2.05) is 0 Å². The van der Waals surface area contributed by atoms with E-state index in [1.54, 1.807) is 0 Å². The number of aliphatic hydroxyl groups is 1. The Kier molecular flexibility index (Phi) is 2.11. The Labute approximate surface area is 106 Å². The lowest BCUT2D eigenvalue weighted by atomic mass is 9.62. The maximum Gasteiger partial charge on any atom is 0.0552 e. The van der Waals surface area contributed by atoms with Gasteiger partial charge in [-0.2, -0.15) is 0 Å². The zero-order chi connectivity index (χ0) is 12.2. The molecule has 94 valence electrons. The minimum Gasteiger partial charge on any atom is -0.393 e. The van der Waals surface area contributed by atoms with Gasteiger partial charge in [0.05, 0.1) is 6.10 Å². The number of nitrogens with one attached hydrogen (secondary N) is 1. The van der Waals surface area contributed by atoms with Crippen LogP contribution >= 0.6 is 0 Å². The highest BCUT2D eigenvalue weighted by molar-refractivity contribution is 5.80. The summed E-state index contributed by atoms with van der Waals surface area (Å²) in [7, 11) is 0. The Morgan fingerprint density at radius 1 is 1.28 bits per heavy atom. The van der Waals surface area contributed by atoms with Gasteiger partial charge in [-0.25, -0.2) is 0 Å². The molecule has 0 unspecified atom stereocenters. The van der Waals surface area contributed by atoms with Crippen LogP contribution < -0.4 is 0 Å². The lowest BCUT2D eigenvalue weighted by Crippen LogP contribution is -2.63. The lowest BCUT2D eigenvalue weighted by Gasteiger charge is -2.57. The minimum atomic E-state index is -0.0276. The average molecular weight is 242 g/mol. The Morgan fingerprint density at radius 3 is 2.78 bits per heavy atom. The molecule has 0 amide bonds. The van der Waals surface area contributed by atoms with Gasteiger partial charge in [0, 0.05) is 36.3 Å². The fourth-order valence-electron chi connectivity index (χ4n) is 3.67. The number of aliphatic hydroxyl groups excluding tert-OH is 1. The average Bonchev–Trinajstić information content (AvgIpc) is 2.66. The second-order valence-electron chi connectivity index (χ2n) is 6.09. The van der Waals surface area contributed by atoms with Gasteiger partial charge in [0.25, 0.3) is 0 Å². The van der Waals surface area contributed by atoms with Crippen molar-refractivity contribution >= 4 is 10.9 Å². The van der Waals surface area contributed by atoms with Crippen molar-refractivity contribution < 1.29 is 5.11 Å². The molecule has 1 spiro atoms. The third kappa shape index (κ3) is 1.58. The maximum absolute atomic E-state index is 9.40. The minimum absolute atomic E-state index is 0.0276. The van der Waals surface area contributed by atoms with Gasteiger partial charge < -0.3 is 10.1 Å². The highest BCUT2D eigenvalue weighted by Gasteiger charge is 2.51. The molecule has 2 heterocycles. The molecule has 2 aromatic rings. The fourth-order valence-corrected chi connectivity index (χ4v) is 3.67. The number of hydrogen-bond acceptors (Lipinski definition) is 2. The van der Waals surface area contributed by atoms with Crippen LogP contribution in [0.1, 0.15) is 18.5 Å². The summed E-state index contributed by atoms with van der Waals surface area (Å²) >= 11 is 0. The summed E-state index contributed by atoms with van der Waals surface area (Å²) in [5, 5.41) is 10.7. The van der Waals surface area contributed by atoms with Gasteiger partial charge in [0.15, 0.2) is 0 Å². The molecule has 1 aromatic heterocycles. The van der Waals surface area contributed by atoms with Gasteiger partial charge in [0.1, 0.15) is 0 Å². The van der Waals surface area contributed by atoms with Crippen molar-refractivity contribution in [2.24, 2.45) is 5.41 Å². The standard InChI is InChI=1S/C15H18N2O/c18-13-6-15(7-13)9-17(10-15)8-12-5-11-3-1-2-4-14(11)16-12/h1-5,13,16,18H,6-10H2. The molecule has 1 aliphatic carbocycles. The molecule has 0 bridgehead atoms. The molecular formula is C15H18N2O. The summed E-state index contributed by atoms with van der Waals surface area (Å²) in [4.78, 5) is 5.94. The summed E-state index contributed by atoms with van der Waals surface area (Å²) in [6, 6.07) is 10.7. The van der Waals surface area contributed by atoms with E-state index in [4.69, 9.17) is 0 Å². The molecule has 4 rings (SSSR count). The van der Waals surface area contributed by atoms with E-state index >= 15 is 0 Å². The van der Waals surface area contributed by atoms with Crippen molar-refractivity contribution in [1.29, 1.82) is 0 Å². The van der Waals surface area contributed by atoms with Crippen molar-refractivity contribution in [2.75, 3.05) is 13.1 Å². The van der Waals surface area contributed by atoms with Crippen LogP contribution in [0.4, 0.5) is 0 Å². The van der Waals surface area contributed by atoms with Gasteiger partial charge in [-0.3, -0.25) is 4.90 Å². The first-order valence-corrected chi connectivity index (χ1v) is 6.70. The predicted octanol–water partition coefficient (Wildman–Crippen LogP) is 2.12.